The van der Waals surface area contributed by atoms with Crippen LogP contribution in [-0.4, -0.2) is 37.0 Å². The SMILES string of the molecule is CCOCCOC(=O)[C@@H](C)[C@H](C)O. The fourth-order valence-electron chi connectivity index (χ4n) is 0.674. The van der Waals surface area contributed by atoms with E-state index in [1.54, 1.807) is 13.8 Å². The highest BCUT2D eigenvalue weighted by Crippen LogP contribution is 2.04. The summed E-state index contributed by atoms with van der Waals surface area (Å²) in [6.45, 7) is 6.35. The van der Waals surface area contributed by atoms with Crippen molar-refractivity contribution in [2.75, 3.05) is 19.8 Å². The van der Waals surface area contributed by atoms with Gasteiger partial charge in [-0.3, -0.25) is 4.79 Å². The lowest BCUT2D eigenvalue weighted by Gasteiger charge is -2.13. The van der Waals surface area contributed by atoms with Gasteiger partial charge in [-0.25, -0.2) is 0 Å². The first kappa shape index (κ1) is 12.4. The zero-order valence-electron chi connectivity index (χ0n) is 8.45. The summed E-state index contributed by atoms with van der Waals surface area (Å²) in [4.78, 5) is 11.1. The number of hydrogen-bond acceptors (Lipinski definition) is 4. The quantitative estimate of drug-likeness (QED) is 0.492. The van der Waals surface area contributed by atoms with E-state index in [4.69, 9.17) is 14.6 Å². The van der Waals surface area contributed by atoms with Crippen molar-refractivity contribution in [3.63, 3.8) is 0 Å². The first-order valence-corrected chi connectivity index (χ1v) is 4.52. The molecule has 2 atom stereocenters. The fraction of sp³-hybridized carbons (Fsp3) is 0.889. The number of hydrogen-bond donors (Lipinski definition) is 1. The van der Waals surface area contributed by atoms with E-state index < -0.39 is 12.0 Å². The van der Waals surface area contributed by atoms with Crippen molar-refractivity contribution in [3.8, 4) is 0 Å². The van der Waals surface area contributed by atoms with Gasteiger partial charge in [0.25, 0.3) is 0 Å². The molecule has 0 aromatic rings. The Labute approximate surface area is 78.8 Å². The van der Waals surface area contributed by atoms with Crippen LogP contribution in [0.5, 0.6) is 0 Å². The average molecular weight is 190 g/mol. The van der Waals surface area contributed by atoms with Crippen LogP contribution in [0.15, 0.2) is 0 Å². The van der Waals surface area contributed by atoms with Gasteiger partial charge in [-0.2, -0.15) is 0 Å². The highest BCUT2D eigenvalue weighted by Gasteiger charge is 2.19. The van der Waals surface area contributed by atoms with Gasteiger partial charge in [0.05, 0.1) is 18.6 Å². The van der Waals surface area contributed by atoms with Gasteiger partial charge in [-0.15, -0.1) is 0 Å². The molecule has 0 radical (unpaired) electrons. The average Bonchev–Trinajstić information content (AvgIpc) is 2.10. The third kappa shape index (κ3) is 5.60. The minimum absolute atomic E-state index is 0.254. The van der Waals surface area contributed by atoms with Crippen molar-refractivity contribution in [2.45, 2.75) is 26.9 Å². The van der Waals surface area contributed by atoms with Gasteiger partial charge in [-0.05, 0) is 20.8 Å². The zero-order chi connectivity index (χ0) is 10.3. The summed E-state index contributed by atoms with van der Waals surface area (Å²) in [6, 6.07) is 0. The number of aliphatic hydroxyl groups is 1. The summed E-state index contributed by atoms with van der Waals surface area (Å²) >= 11 is 0. The minimum atomic E-state index is -0.667. The lowest BCUT2D eigenvalue weighted by molar-refractivity contribution is -0.152. The molecular formula is C9H18O4. The lowest BCUT2D eigenvalue weighted by Crippen LogP contribution is -2.26. The van der Waals surface area contributed by atoms with Gasteiger partial charge in [0.15, 0.2) is 0 Å². The summed E-state index contributed by atoms with van der Waals surface area (Å²) in [5, 5.41) is 9.06. The van der Waals surface area contributed by atoms with Gasteiger partial charge >= 0.3 is 5.97 Å². The van der Waals surface area contributed by atoms with E-state index in [2.05, 4.69) is 0 Å². The maximum absolute atomic E-state index is 11.1. The molecule has 0 saturated heterocycles. The van der Waals surface area contributed by atoms with Gasteiger partial charge in [0, 0.05) is 6.61 Å². The van der Waals surface area contributed by atoms with E-state index in [-0.39, 0.29) is 12.6 Å². The van der Waals surface area contributed by atoms with Crippen molar-refractivity contribution in [1.29, 1.82) is 0 Å². The Bertz CT molecular complexity index is 145. The molecule has 0 aromatic heterocycles. The minimum Gasteiger partial charge on any atom is -0.463 e. The molecular weight excluding hydrogens is 172 g/mol. The topological polar surface area (TPSA) is 55.8 Å². The molecule has 0 unspecified atom stereocenters. The summed E-state index contributed by atoms with van der Waals surface area (Å²) in [6.07, 6.45) is -0.667. The maximum Gasteiger partial charge on any atom is 0.311 e. The van der Waals surface area contributed by atoms with E-state index in [1.807, 2.05) is 6.92 Å². The van der Waals surface area contributed by atoms with Crippen LogP contribution < -0.4 is 0 Å². The van der Waals surface area contributed by atoms with Gasteiger partial charge in [0.2, 0.25) is 0 Å². The van der Waals surface area contributed by atoms with Crippen molar-refractivity contribution >= 4 is 5.97 Å². The molecule has 0 aliphatic carbocycles. The molecule has 0 amide bonds. The van der Waals surface area contributed by atoms with Gasteiger partial charge in [-0.1, -0.05) is 0 Å². The van der Waals surface area contributed by atoms with Crippen LogP contribution in [0.2, 0.25) is 0 Å². The Morgan fingerprint density at radius 2 is 2.00 bits per heavy atom. The summed E-state index contributed by atoms with van der Waals surface area (Å²) in [5.41, 5.74) is 0. The lowest BCUT2D eigenvalue weighted by atomic mass is 10.1. The molecule has 1 N–H and O–H groups in total. The molecule has 0 spiro atoms. The number of carbonyl (C=O) groups excluding carboxylic acids is 1. The Morgan fingerprint density at radius 3 is 2.46 bits per heavy atom. The molecule has 0 bridgehead atoms. The zero-order valence-corrected chi connectivity index (χ0v) is 8.45. The molecule has 0 saturated carbocycles. The standard InChI is InChI=1S/C9H18O4/c1-4-12-5-6-13-9(11)7(2)8(3)10/h7-8,10H,4-6H2,1-3H3/t7-,8-/m0/s1. The van der Waals surface area contributed by atoms with Crippen LogP contribution in [0.25, 0.3) is 0 Å². The van der Waals surface area contributed by atoms with E-state index in [1.165, 1.54) is 0 Å². The molecule has 4 heteroatoms. The Kier molecular flexibility index (Phi) is 6.54. The first-order valence-electron chi connectivity index (χ1n) is 4.52. The molecule has 0 aliphatic rings. The summed E-state index contributed by atoms with van der Waals surface area (Å²) in [5.74, 6) is -0.851. The highest BCUT2D eigenvalue weighted by atomic mass is 16.6. The Morgan fingerprint density at radius 1 is 1.38 bits per heavy atom. The van der Waals surface area contributed by atoms with Crippen LogP contribution in [0.1, 0.15) is 20.8 Å². The van der Waals surface area contributed by atoms with E-state index in [9.17, 15) is 4.79 Å². The largest absolute Gasteiger partial charge is 0.463 e. The predicted molar refractivity (Wildman–Crippen MR) is 48.3 cm³/mol. The predicted octanol–water partition coefficient (Wildman–Crippen LogP) is 0.583. The van der Waals surface area contributed by atoms with Gasteiger partial charge < -0.3 is 14.6 Å². The number of esters is 1. The molecule has 4 nitrogen and oxygen atoms in total. The van der Waals surface area contributed by atoms with Gasteiger partial charge in [0.1, 0.15) is 6.61 Å². The monoisotopic (exact) mass is 190 g/mol. The molecule has 0 aliphatic heterocycles. The third-order valence-corrected chi connectivity index (χ3v) is 1.77. The van der Waals surface area contributed by atoms with Crippen molar-refractivity contribution < 1.29 is 19.4 Å². The highest BCUT2D eigenvalue weighted by molar-refractivity contribution is 5.72. The van der Waals surface area contributed by atoms with Crippen molar-refractivity contribution in [3.05, 3.63) is 0 Å². The smallest absolute Gasteiger partial charge is 0.311 e. The molecule has 0 rings (SSSR count). The maximum atomic E-state index is 11.1. The van der Waals surface area contributed by atoms with Crippen molar-refractivity contribution in [1.82, 2.24) is 0 Å². The molecule has 13 heavy (non-hydrogen) atoms. The Hall–Kier alpha value is -0.610. The fourth-order valence-corrected chi connectivity index (χ4v) is 0.674. The van der Waals surface area contributed by atoms with Crippen LogP contribution in [0, 0.1) is 5.92 Å². The van der Waals surface area contributed by atoms with Crippen molar-refractivity contribution in [2.24, 2.45) is 5.92 Å². The van der Waals surface area contributed by atoms with Crippen LogP contribution >= 0.6 is 0 Å². The number of carbonyl (C=O) groups is 1. The molecule has 0 heterocycles. The second-order valence-corrected chi connectivity index (χ2v) is 2.89. The first-order chi connectivity index (χ1) is 6.09. The van der Waals surface area contributed by atoms with Crippen LogP contribution in [0.4, 0.5) is 0 Å². The number of aliphatic hydroxyl groups excluding tert-OH is 1. The van der Waals surface area contributed by atoms with Crippen LogP contribution in [0.3, 0.4) is 0 Å². The number of rotatable bonds is 6. The molecule has 0 aromatic carbocycles. The van der Waals surface area contributed by atoms with Crippen LogP contribution in [-0.2, 0) is 14.3 Å². The normalized spacial score (nSPS) is 15.1. The van der Waals surface area contributed by atoms with E-state index >= 15 is 0 Å². The number of ether oxygens (including phenoxy) is 2. The molecule has 0 fully saturated rings. The summed E-state index contributed by atoms with van der Waals surface area (Å²) < 4.78 is 9.83. The van der Waals surface area contributed by atoms with E-state index in [0.717, 1.165) is 0 Å². The third-order valence-electron chi connectivity index (χ3n) is 1.77. The summed E-state index contributed by atoms with van der Waals surface area (Å²) in [7, 11) is 0. The van der Waals surface area contributed by atoms with E-state index in [0.29, 0.717) is 13.2 Å². The second-order valence-electron chi connectivity index (χ2n) is 2.89. The second kappa shape index (κ2) is 6.86. The Balaban J connectivity index is 3.50. The molecule has 78 valence electrons.